The summed E-state index contributed by atoms with van der Waals surface area (Å²) in [4.78, 5) is 29.4. The highest BCUT2D eigenvalue weighted by atomic mass is 19.1. The molecule has 2 amide bonds. The van der Waals surface area contributed by atoms with Crippen LogP contribution in [0.25, 0.3) is 11.0 Å². The number of rotatable bonds is 9. The van der Waals surface area contributed by atoms with E-state index in [1.54, 1.807) is 36.4 Å². The molecule has 1 saturated carbocycles. The molecule has 202 valence electrons. The maximum atomic E-state index is 15.4. The van der Waals surface area contributed by atoms with Crippen molar-refractivity contribution in [3.63, 3.8) is 0 Å². The number of nitrogens with zero attached hydrogens (tertiary/aromatic N) is 4. The molecule has 5 rings (SSSR count). The number of anilines is 1. The maximum Gasteiger partial charge on any atom is 0.249 e. The van der Waals surface area contributed by atoms with Crippen molar-refractivity contribution < 1.29 is 23.5 Å². The van der Waals surface area contributed by atoms with Gasteiger partial charge in [-0.3, -0.25) is 14.5 Å². The third-order valence-corrected chi connectivity index (χ3v) is 7.02. The van der Waals surface area contributed by atoms with E-state index in [1.165, 1.54) is 42.0 Å². The fourth-order valence-corrected chi connectivity index (χ4v) is 5.18. The summed E-state index contributed by atoms with van der Waals surface area (Å²) in [6.45, 7) is -0.270. The molecule has 39 heavy (non-hydrogen) atoms. The summed E-state index contributed by atoms with van der Waals surface area (Å²) in [6, 6.07) is 16.9. The smallest absolute Gasteiger partial charge is 0.249 e. The van der Waals surface area contributed by atoms with Crippen LogP contribution in [0.4, 0.5) is 10.1 Å². The lowest BCUT2D eigenvalue weighted by Crippen LogP contribution is -2.47. The van der Waals surface area contributed by atoms with Crippen LogP contribution < -0.4 is 19.7 Å². The number of carbonyl (C=O) groups is 2. The fourth-order valence-electron chi connectivity index (χ4n) is 5.18. The third-order valence-electron chi connectivity index (χ3n) is 7.02. The zero-order valence-electron chi connectivity index (χ0n) is 21.8. The lowest BCUT2D eigenvalue weighted by molar-refractivity contribution is -0.127. The number of halogens is 1. The van der Waals surface area contributed by atoms with Crippen LogP contribution in [-0.2, 0) is 16.1 Å². The normalized spacial score (nSPS) is 14.2. The van der Waals surface area contributed by atoms with E-state index < -0.39 is 23.7 Å². The first kappa shape index (κ1) is 26.1. The highest BCUT2D eigenvalue weighted by Crippen LogP contribution is 2.40. The molecule has 0 bridgehead atoms. The van der Waals surface area contributed by atoms with Gasteiger partial charge in [-0.15, -0.1) is 5.10 Å². The number of benzene rings is 3. The van der Waals surface area contributed by atoms with Crippen molar-refractivity contribution >= 4 is 28.5 Å². The molecule has 0 radical (unpaired) electrons. The van der Waals surface area contributed by atoms with Gasteiger partial charge in [0.2, 0.25) is 11.8 Å². The van der Waals surface area contributed by atoms with Gasteiger partial charge in [0.15, 0.2) is 11.5 Å². The Morgan fingerprint density at radius 3 is 2.51 bits per heavy atom. The monoisotopic (exact) mass is 531 g/mol. The molecule has 1 aliphatic carbocycles. The lowest BCUT2D eigenvalue weighted by atomic mass is 10.00. The minimum absolute atomic E-state index is 0.0339. The molecule has 4 aromatic rings. The van der Waals surface area contributed by atoms with Gasteiger partial charge in [-0.05, 0) is 43.2 Å². The number of fused-ring (bicyclic) bond motifs is 1. The molecule has 9 nitrogen and oxygen atoms in total. The van der Waals surface area contributed by atoms with E-state index in [0.29, 0.717) is 22.3 Å². The zero-order valence-corrected chi connectivity index (χ0v) is 21.8. The molecule has 10 heteroatoms. The molecular formula is C29H30FN5O4. The quantitative estimate of drug-likeness (QED) is 0.343. The fraction of sp³-hybridized carbons (Fsp3) is 0.310. The van der Waals surface area contributed by atoms with Crippen LogP contribution >= 0.6 is 0 Å². The molecular weight excluding hydrogens is 501 g/mol. The van der Waals surface area contributed by atoms with Gasteiger partial charge in [-0.1, -0.05) is 54.5 Å². The molecule has 1 fully saturated rings. The largest absolute Gasteiger partial charge is 0.493 e. The number of ether oxygens (including phenoxy) is 2. The molecule has 0 aliphatic heterocycles. The van der Waals surface area contributed by atoms with Gasteiger partial charge in [-0.2, -0.15) is 0 Å². The summed E-state index contributed by atoms with van der Waals surface area (Å²) >= 11 is 0. The molecule has 0 unspecified atom stereocenters. The standard InChI is InChI=1S/C29H30FN5O4/c1-38-25-17-9-12-20(28(25)39-2)27(29(37)31-19-10-3-4-11-19)35(23-15-7-5-13-21(23)30)26(36)18-34-24-16-8-6-14-22(24)32-33-34/h5-9,12-17,19,27H,3-4,10-11,18H2,1-2H3,(H,31,37)/t27-/m0/s1. The van der Waals surface area contributed by atoms with Gasteiger partial charge in [0.25, 0.3) is 0 Å². The SMILES string of the molecule is COc1cccc([C@@H](C(=O)NC2CCCC2)N(C(=O)Cn2nnc3ccccc32)c2ccccc2F)c1OC. The van der Waals surface area contributed by atoms with Gasteiger partial charge in [0, 0.05) is 11.6 Å². The number of carbonyl (C=O) groups excluding carboxylic acids is 2. The van der Waals surface area contributed by atoms with Gasteiger partial charge in [0.05, 0.1) is 25.4 Å². The van der Waals surface area contributed by atoms with Crippen molar-refractivity contribution in [1.82, 2.24) is 20.3 Å². The summed E-state index contributed by atoms with van der Waals surface area (Å²) in [7, 11) is 2.95. The average molecular weight is 532 g/mol. The van der Waals surface area contributed by atoms with E-state index in [9.17, 15) is 9.59 Å². The molecule has 0 spiro atoms. The molecule has 3 aromatic carbocycles. The first-order valence-corrected chi connectivity index (χ1v) is 12.9. The van der Waals surface area contributed by atoms with E-state index in [1.807, 2.05) is 12.1 Å². The van der Waals surface area contributed by atoms with Gasteiger partial charge in [-0.25, -0.2) is 9.07 Å². The van der Waals surface area contributed by atoms with E-state index in [-0.39, 0.29) is 24.0 Å². The number of nitrogens with one attached hydrogen (secondary N) is 1. The van der Waals surface area contributed by atoms with Crippen LogP contribution in [0.3, 0.4) is 0 Å². The van der Waals surface area contributed by atoms with Crippen LogP contribution in [0.2, 0.25) is 0 Å². The van der Waals surface area contributed by atoms with Gasteiger partial charge < -0.3 is 14.8 Å². The summed E-state index contributed by atoms with van der Waals surface area (Å²) in [5.74, 6) is -0.959. The van der Waals surface area contributed by atoms with E-state index in [2.05, 4.69) is 15.6 Å². The number of aromatic nitrogens is 3. The Morgan fingerprint density at radius 2 is 1.77 bits per heavy atom. The number of amides is 2. The van der Waals surface area contributed by atoms with Crippen molar-refractivity contribution in [2.75, 3.05) is 19.1 Å². The lowest BCUT2D eigenvalue weighted by Gasteiger charge is -2.33. The number of para-hydroxylation sites is 3. The second-order valence-corrected chi connectivity index (χ2v) is 9.43. The van der Waals surface area contributed by atoms with Crippen molar-refractivity contribution in [1.29, 1.82) is 0 Å². The predicted molar refractivity (Wildman–Crippen MR) is 144 cm³/mol. The Hall–Kier alpha value is -4.47. The summed E-state index contributed by atoms with van der Waals surface area (Å²) < 4.78 is 28.0. The first-order chi connectivity index (χ1) is 19.0. The minimum Gasteiger partial charge on any atom is -0.493 e. The van der Waals surface area contributed by atoms with E-state index in [4.69, 9.17) is 9.47 Å². The van der Waals surface area contributed by atoms with Crippen molar-refractivity contribution in [3.8, 4) is 11.5 Å². The average Bonchev–Trinajstić information content (AvgIpc) is 3.61. The van der Waals surface area contributed by atoms with Crippen molar-refractivity contribution in [2.24, 2.45) is 0 Å². The molecule has 1 atom stereocenters. The van der Waals surface area contributed by atoms with E-state index >= 15 is 4.39 Å². The van der Waals surface area contributed by atoms with Crippen molar-refractivity contribution in [2.45, 2.75) is 44.3 Å². The van der Waals surface area contributed by atoms with Crippen molar-refractivity contribution in [3.05, 3.63) is 78.1 Å². The summed E-state index contributed by atoms with van der Waals surface area (Å²) in [5, 5.41) is 11.4. The maximum absolute atomic E-state index is 15.4. The molecule has 1 heterocycles. The van der Waals surface area contributed by atoms with Crippen LogP contribution in [0, 0.1) is 5.82 Å². The van der Waals surface area contributed by atoms with Crippen LogP contribution in [0.15, 0.2) is 66.7 Å². The Bertz CT molecular complexity index is 1480. The predicted octanol–water partition coefficient (Wildman–Crippen LogP) is 4.42. The molecule has 1 N–H and O–H groups in total. The Labute approximate surface area is 225 Å². The summed E-state index contributed by atoms with van der Waals surface area (Å²) in [5.41, 5.74) is 1.59. The Morgan fingerprint density at radius 1 is 1.03 bits per heavy atom. The number of methoxy groups -OCH3 is 2. The zero-order chi connectivity index (χ0) is 27.4. The van der Waals surface area contributed by atoms with Crippen LogP contribution in [0.5, 0.6) is 11.5 Å². The molecule has 0 saturated heterocycles. The van der Waals surface area contributed by atoms with Gasteiger partial charge >= 0.3 is 0 Å². The Kier molecular flexibility index (Phi) is 7.72. The van der Waals surface area contributed by atoms with Crippen LogP contribution in [-0.4, -0.2) is 47.1 Å². The number of hydrogen-bond donors (Lipinski definition) is 1. The highest BCUT2D eigenvalue weighted by Gasteiger charge is 2.38. The second-order valence-electron chi connectivity index (χ2n) is 9.43. The Balaban J connectivity index is 1.65. The molecule has 1 aromatic heterocycles. The van der Waals surface area contributed by atoms with Crippen LogP contribution in [0.1, 0.15) is 37.3 Å². The highest BCUT2D eigenvalue weighted by molar-refractivity contribution is 6.02. The van der Waals surface area contributed by atoms with E-state index in [0.717, 1.165) is 25.7 Å². The van der Waals surface area contributed by atoms with Gasteiger partial charge in [0.1, 0.15) is 23.9 Å². The molecule has 1 aliphatic rings. The summed E-state index contributed by atoms with van der Waals surface area (Å²) in [6.07, 6.45) is 3.69. The first-order valence-electron chi connectivity index (χ1n) is 12.9. The second kappa shape index (κ2) is 11.5. The minimum atomic E-state index is -1.25. The topological polar surface area (TPSA) is 98.6 Å². The number of hydrogen-bond acceptors (Lipinski definition) is 6. The third kappa shape index (κ3) is 5.27.